The zero-order valence-electron chi connectivity index (χ0n) is 19.7. The first-order chi connectivity index (χ1) is 17.1. The topological polar surface area (TPSA) is 48.8 Å². The van der Waals surface area contributed by atoms with Gasteiger partial charge in [0.1, 0.15) is 17.2 Å². The summed E-state index contributed by atoms with van der Waals surface area (Å²) in [5.74, 6) is 1.74. The molecule has 3 atom stereocenters. The molecule has 35 heavy (non-hydrogen) atoms. The summed E-state index contributed by atoms with van der Waals surface area (Å²) >= 11 is 0. The van der Waals surface area contributed by atoms with Gasteiger partial charge in [0.25, 0.3) is 0 Å². The van der Waals surface area contributed by atoms with Gasteiger partial charge in [-0.1, -0.05) is 60.7 Å². The SMILES string of the molecule is CN1C(c2cccc(Oc3ccccn3)c2)C=CC2c3ccccc3N(c3ccccc3O)C21C. The van der Waals surface area contributed by atoms with Crippen LogP contribution < -0.4 is 9.64 Å². The zero-order chi connectivity index (χ0) is 24.0. The molecule has 0 spiro atoms. The molecule has 0 radical (unpaired) electrons. The highest BCUT2D eigenvalue weighted by molar-refractivity contribution is 5.78. The highest BCUT2D eigenvalue weighted by Crippen LogP contribution is 2.57. The predicted octanol–water partition coefficient (Wildman–Crippen LogP) is 6.77. The van der Waals surface area contributed by atoms with Gasteiger partial charge in [0, 0.05) is 23.9 Å². The highest BCUT2D eigenvalue weighted by atomic mass is 16.5. The second kappa shape index (κ2) is 8.29. The minimum absolute atomic E-state index is 0.0196. The van der Waals surface area contributed by atoms with Gasteiger partial charge in [-0.05, 0) is 61.5 Å². The van der Waals surface area contributed by atoms with Crippen molar-refractivity contribution in [2.75, 3.05) is 11.9 Å². The Morgan fingerprint density at radius 1 is 0.857 bits per heavy atom. The van der Waals surface area contributed by atoms with Crippen molar-refractivity contribution < 1.29 is 9.84 Å². The van der Waals surface area contributed by atoms with Crippen LogP contribution in [0.1, 0.15) is 30.0 Å². The number of fused-ring (bicyclic) bond motifs is 3. The number of ether oxygens (including phenoxy) is 1. The number of aromatic nitrogens is 1. The van der Waals surface area contributed by atoms with Gasteiger partial charge in [-0.3, -0.25) is 4.90 Å². The number of rotatable bonds is 4. The molecule has 3 heterocycles. The number of nitrogens with zero attached hydrogens (tertiary/aromatic N) is 3. The maximum atomic E-state index is 10.8. The number of anilines is 2. The largest absolute Gasteiger partial charge is 0.506 e. The third-order valence-electron chi connectivity index (χ3n) is 7.35. The van der Waals surface area contributed by atoms with Crippen LogP contribution >= 0.6 is 0 Å². The van der Waals surface area contributed by atoms with Crippen LogP contribution in [0.4, 0.5) is 11.4 Å². The Labute approximate surface area is 205 Å². The second-order valence-electron chi connectivity index (χ2n) is 9.24. The van der Waals surface area contributed by atoms with Crippen molar-refractivity contribution >= 4 is 11.4 Å². The summed E-state index contributed by atoms with van der Waals surface area (Å²) in [4.78, 5) is 8.96. The Bertz CT molecular complexity index is 1400. The smallest absolute Gasteiger partial charge is 0.219 e. The first-order valence-electron chi connectivity index (χ1n) is 11.8. The first-order valence-corrected chi connectivity index (χ1v) is 11.8. The fourth-order valence-corrected chi connectivity index (χ4v) is 5.57. The van der Waals surface area contributed by atoms with Crippen LogP contribution in [0.25, 0.3) is 0 Å². The Morgan fingerprint density at radius 2 is 1.63 bits per heavy atom. The van der Waals surface area contributed by atoms with E-state index in [2.05, 4.69) is 77.3 Å². The minimum atomic E-state index is -0.431. The summed E-state index contributed by atoms with van der Waals surface area (Å²) in [7, 11) is 2.16. The molecule has 0 saturated carbocycles. The molecule has 0 aliphatic carbocycles. The van der Waals surface area contributed by atoms with Crippen molar-refractivity contribution in [3.63, 3.8) is 0 Å². The maximum absolute atomic E-state index is 10.8. The van der Waals surface area contributed by atoms with Crippen LogP contribution in [0.15, 0.2) is 109 Å². The average molecular weight is 462 g/mol. The van der Waals surface area contributed by atoms with E-state index in [0.29, 0.717) is 5.88 Å². The molecule has 4 aromatic rings. The molecule has 0 amide bonds. The molecule has 0 fully saturated rings. The number of benzene rings is 3. The molecule has 174 valence electrons. The monoisotopic (exact) mass is 461 g/mol. The summed E-state index contributed by atoms with van der Waals surface area (Å²) in [5, 5.41) is 10.8. The second-order valence-corrected chi connectivity index (χ2v) is 9.24. The number of phenols is 1. The quantitative estimate of drug-likeness (QED) is 0.340. The van der Waals surface area contributed by atoms with Crippen molar-refractivity contribution in [2.24, 2.45) is 0 Å². The van der Waals surface area contributed by atoms with Crippen molar-refractivity contribution in [2.45, 2.75) is 24.5 Å². The van der Waals surface area contributed by atoms with Gasteiger partial charge in [0.05, 0.1) is 11.7 Å². The minimum Gasteiger partial charge on any atom is -0.506 e. The Hall–Kier alpha value is -4.09. The van der Waals surface area contributed by atoms with E-state index in [9.17, 15) is 5.11 Å². The number of likely N-dealkylation sites (N-methyl/N-ethyl adjacent to an activating group) is 1. The predicted molar refractivity (Wildman–Crippen MR) is 138 cm³/mol. The molecular weight excluding hydrogens is 434 g/mol. The van der Waals surface area contributed by atoms with Crippen LogP contribution in [-0.4, -0.2) is 27.7 Å². The van der Waals surface area contributed by atoms with Crippen LogP contribution in [-0.2, 0) is 0 Å². The van der Waals surface area contributed by atoms with Gasteiger partial charge in [0.2, 0.25) is 5.88 Å². The molecule has 3 unspecified atom stereocenters. The summed E-state index contributed by atoms with van der Waals surface area (Å²) in [6.45, 7) is 2.26. The third kappa shape index (κ3) is 3.39. The lowest BCUT2D eigenvalue weighted by Crippen LogP contribution is -2.58. The molecule has 5 nitrogen and oxygen atoms in total. The molecule has 6 rings (SSSR count). The van der Waals surface area contributed by atoms with E-state index in [1.54, 1.807) is 12.3 Å². The summed E-state index contributed by atoms with van der Waals surface area (Å²) in [6, 6.07) is 29.9. The molecule has 0 bridgehead atoms. The number of phenolic OH excluding ortho intramolecular Hbond substituents is 1. The van der Waals surface area contributed by atoms with Gasteiger partial charge in [0.15, 0.2) is 0 Å². The Morgan fingerprint density at radius 3 is 2.43 bits per heavy atom. The first kappa shape index (κ1) is 21.4. The van der Waals surface area contributed by atoms with Crippen molar-refractivity contribution in [3.05, 3.63) is 120 Å². The standard InChI is InChI=1S/C30H27N3O2/c1-30-24(23-12-3-4-13-26(23)33(30)27-14-5-6-15-28(27)34)17-18-25(32(30)2)21-10-9-11-22(20-21)35-29-16-7-8-19-31-29/h3-20,24-25,34H,1-2H3. The van der Waals surface area contributed by atoms with Gasteiger partial charge >= 0.3 is 0 Å². The Kier molecular flexibility index (Phi) is 5.08. The number of aromatic hydroxyl groups is 1. The van der Waals surface area contributed by atoms with Crippen molar-refractivity contribution in [1.29, 1.82) is 0 Å². The number of pyridine rings is 1. The van der Waals surface area contributed by atoms with Crippen molar-refractivity contribution in [3.8, 4) is 17.4 Å². The molecule has 2 aliphatic heterocycles. The fraction of sp³-hybridized carbons (Fsp3) is 0.167. The molecule has 1 N–H and O–H groups in total. The normalized spacial score (nSPS) is 23.1. The lowest BCUT2D eigenvalue weighted by Gasteiger charge is -2.51. The van der Waals surface area contributed by atoms with Crippen molar-refractivity contribution in [1.82, 2.24) is 9.88 Å². The molecule has 0 saturated heterocycles. The van der Waals surface area contributed by atoms with Crippen LogP contribution in [0.2, 0.25) is 0 Å². The average Bonchev–Trinajstić information content (AvgIpc) is 3.15. The molecule has 1 aromatic heterocycles. The van der Waals surface area contributed by atoms with Gasteiger partial charge in [-0.25, -0.2) is 4.98 Å². The van der Waals surface area contributed by atoms with E-state index in [-0.39, 0.29) is 17.7 Å². The summed E-state index contributed by atoms with van der Waals surface area (Å²) < 4.78 is 6.02. The van der Waals surface area contributed by atoms with E-state index in [4.69, 9.17) is 4.74 Å². The van der Waals surface area contributed by atoms with E-state index in [0.717, 1.165) is 22.7 Å². The molecule has 2 aliphatic rings. The van der Waals surface area contributed by atoms with E-state index >= 15 is 0 Å². The maximum Gasteiger partial charge on any atom is 0.219 e. The highest BCUT2D eigenvalue weighted by Gasteiger charge is 2.54. The summed E-state index contributed by atoms with van der Waals surface area (Å²) in [6.07, 6.45) is 6.32. The lowest BCUT2D eigenvalue weighted by atomic mass is 9.83. The van der Waals surface area contributed by atoms with Crippen LogP contribution in [0.3, 0.4) is 0 Å². The van der Waals surface area contributed by atoms with E-state index in [1.165, 1.54) is 5.56 Å². The zero-order valence-corrected chi connectivity index (χ0v) is 19.7. The van der Waals surface area contributed by atoms with Crippen LogP contribution in [0, 0.1) is 0 Å². The number of hydrogen-bond donors (Lipinski definition) is 1. The third-order valence-corrected chi connectivity index (χ3v) is 7.35. The van der Waals surface area contributed by atoms with Gasteiger partial charge < -0.3 is 14.7 Å². The molecule has 3 aromatic carbocycles. The molecular formula is C30H27N3O2. The number of para-hydroxylation sites is 3. The fourth-order valence-electron chi connectivity index (χ4n) is 5.57. The molecule has 5 heteroatoms. The number of hydrogen-bond acceptors (Lipinski definition) is 5. The van der Waals surface area contributed by atoms with E-state index in [1.807, 2.05) is 48.5 Å². The van der Waals surface area contributed by atoms with E-state index < -0.39 is 5.66 Å². The Balaban J connectivity index is 1.42. The summed E-state index contributed by atoms with van der Waals surface area (Å²) in [5.41, 5.74) is 3.88. The van der Waals surface area contributed by atoms with Gasteiger partial charge in [-0.15, -0.1) is 0 Å². The van der Waals surface area contributed by atoms with Crippen LogP contribution in [0.5, 0.6) is 17.4 Å². The lowest BCUT2D eigenvalue weighted by molar-refractivity contribution is 0.0948. The van der Waals surface area contributed by atoms with Gasteiger partial charge in [-0.2, -0.15) is 0 Å².